The average Bonchev–Trinajstić information content (AvgIpc) is 2.83. The van der Waals surface area contributed by atoms with E-state index >= 15 is 0 Å². The van der Waals surface area contributed by atoms with E-state index in [0.29, 0.717) is 11.7 Å². The van der Waals surface area contributed by atoms with Gasteiger partial charge >= 0.3 is 0 Å². The van der Waals surface area contributed by atoms with Crippen molar-refractivity contribution in [3.05, 3.63) is 36.0 Å². The van der Waals surface area contributed by atoms with Crippen LogP contribution in [-0.2, 0) is 6.54 Å². The second kappa shape index (κ2) is 5.85. The van der Waals surface area contributed by atoms with Gasteiger partial charge in [0.2, 0.25) is 5.89 Å². The van der Waals surface area contributed by atoms with Crippen molar-refractivity contribution in [2.45, 2.75) is 13.5 Å². The highest BCUT2D eigenvalue weighted by atomic mass is 16.5. The van der Waals surface area contributed by atoms with E-state index in [4.69, 9.17) is 15.0 Å². The smallest absolute Gasteiger partial charge is 0.223 e. The molecule has 0 amide bonds. The van der Waals surface area contributed by atoms with E-state index in [9.17, 15) is 0 Å². The number of guanidine groups is 1. The zero-order chi connectivity index (χ0) is 13.7. The van der Waals surface area contributed by atoms with Gasteiger partial charge in [-0.25, -0.2) is 4.99 Å². The lowest BCUT2D eigenvalue weighted by Crippen LogP contribution is -2.22. The SMILES string of the molecule is COc1ccc(NC(N)=NCc2noc(C)n2)cc1. The number of nitrogens with zero attached hydrogens (tertiary/aromatic N) is 3. The van der Waals surface area contributed by atoms with Gasteiger partial charge in [-0.05, 0) is 24.3 Å². The topological polar surface area (TPSA) is 98.6 Å². The molecular weight excluding hydrogens is 246 g/mol. The van der Waals surface area contributed by atoms with Gasteiger partial charge in [-0.3, -0.25) is 0 Å². The van der Waals surface area contributed by atoms with Crippen LogP contribution in [0, 0.1) is 6.92 Å². The predicted octanol–water partition coefficient (Wildman–Crippen LogP) is 1.31. The summed E-state index contributed by atoms with van der Waals surface area (Å²) in [6, 6.07) is 7.36. The zero-order valence-corrected chi connectivity index (χ0v) is 10.8. The number of ether oxygens (including phenoxy) is 1. The molecule has 3 N–H and O–H groups in total. The minimum Gasteiger partial charge on any atom is -0.497 e. The maximum atomic E-state index is 5.75. The first-order chi connectivity index (χ1) is 9.17. The molecule has 0 aliphatic rings. The number of nitrogens with one attached hydrogen (secondary N) is 1. The zero-order valence-electron chi connectivity index (χ0n) is 10.8. The van der Waals surface area contributed by atoms with Gasteiger partial charge in [-0.2, -0.15) is 4.98 Å². The van der Waals surface area contributed by atoms with Crippen molar-refractivity contribution in [3.63, 3.8) is 0 Å². The summed E-state index contributed by atoms with van der Waals surface area (Å²) in [4.78, 5) is 8.14. The number of aryl methyl sites for hydroxylation is 1. The molecule has 0 radical (unpaired) electrons. The number of nitrogens with two attached hydrogens (primary N) is 1. The maximum Gasteiger partial charge on any atom is 0.223 e. The highest BCUT2D eigenvalue weighted by molar-refractivity contribution is 5.92. The van der Waals surface area contributed by atoms with E-state index < -0.39 is 0 Å². The van der Waals surface area contributed by atoms with Gasteiger partial charge in [0.15, 0.2) is 11.8 Å². The van der Waals surface area contributed by atoms with Gasteiger partial charge in [0.05, 0.1) is 7.11 Å². The summed E-state index contributed by atoms with van der Waals surface area (Å²) >= 11 is 0. The van der Waals surface area contributed by atoms with Crippen molar-refractivity contribution in [1.29, 1.82) is 0 Å². The average molecular weight is 261 g/mol. The molecule has 2 rings (SSSR count). The Morgan fingerprint density at radius 3 is 2.74 bits per heavy atom. The summed E-state index contributed by atoms with van der Waals surface area (Å²) in [5, 5.41) is 6.68. The second-order valence-corrected chi connectivity index (χ2v) is 3.78. The third-order valence-electron chi connectivity index (χ3n) is 2.32. The fraction of sp³-hybridized carbons (Fsp3) is 0.250. The van der Waals surface area contributed by atoms with Crippen LogP contribution in [0.5, 0.6) is 5.75 Å². The van der Waals surface area contributed by atoms with E-state index in [1.807, 2.05) is 24.3 Å². The van der Waals surface area contributed by atoms with Crippen molar-refractivity contribution in [2.75, 3.05) is 12.4 Å². The molecule has 19 heavy (non-hydrogen) atoms. The largest absolute Gasteiger partial charge is 0.497 e. The molecule has 7 heteroatoms. The molecule has 0 aliphatic heterocycles. The Kier molecular flexibility index (Phi) is 3.97. The molecular formula is C12H15N5O2. The van der Waals surface area contributed by atoms with Crippen molar-refractivity contribution < 1.29 is 9.26 Å². The van der Waals surface area contributed by atoms with Crippen molar-refractivity contribution in [3.8, 4) is 5.75 Å². The lowest BCUT2D eigenvalue weighted by Gasteiger charge is -2.06. The summed E-state index contributed by atoms with van der Waals surface area (Å²) in [6.07, 6.45) is 0. The van der Waals surface area contributed by atoms with Gasteiger partial charge in [0.25, 0.3) is 0 Å². The summed E-state index contributed by atoms with van der Waals surface area (Å²) in [7, 11) is 1.62. The number of aromatic nitrogens is 2. The predicted molar refractivity (Wildman–Crippen MR) is 71.0 cm³/mol. The minimum absolute atomic E-state index is 0.270. The van der Waals surface area contributed by atoms with Crippen LogP contribution in [0.4, 0.5) is 5.69 Å². The molecule has 1 heterocycles. The summed E-state index contributed by atoms with van der Waals surface area (Å²) in [6.45, 7) is 1.99. The Bertz CT molecular complexity index is 562. The van der Waals surface area contributed by atoms with Gasteiger partial charge in [-0.15, -0.1) is 0 Å². The van der Waals surface area contributed by atoms with Gasteiger partial charge in [0.1, 0.15) is 12.3 Å². The van der Waals surface area contributed by atoms with Crippen LogP contribution in [0.1, 0.15) is 11.7 Å². The van der Waals surface area contributed by atoms with Crippen LogP contribution in [0.25, 0.3) is 0 Å². The van der Waals surface area contributed by atoms with Crippen LogP contribution >= 0.6 is 0 Å². The summed E-state index contributed by atoms with van der Waals surface area (Å²) < 4.78 is 9.90. The summed E-state index contributed by atoms with van der Waals surface area (Å²) in [5.41, 5.74) is 6.58. The molecule has 0 spiro atoms. The maximum absolute atomic E-state index is 5.75. The minimum atomic E-state index is 0.270. The van der Waals surface area contributed by atoms with Crippen molar-refractivity contribution in [1.82, 2.24) is 10.1 Å². The Balaban J connectivity index is 1.93. The van der Waals surface area contributed by atoms with E-state index in [1.165, 1.54) is 0 Å². The molecule has 0 saturated heterocycles. The molecule has 0 atom stereocenters. The third kappa shape index (κ3) is 3.70. The number of aliphatic imine (C=N–C) groups is 1. The molecule has 0 bridgehead atoms. The molecule has 2 aromatic rings. The number of hydrogen-bond acceptors (Lipinski definition) is 5. The Hall–Kier alpha value is -2.57. The monoisotopic (exact) mass is 261 g/mol. The van der Waals surface area contributed by atoms with Gasteiger partial charge in [-0.1, -0.05) is 5.16 Å². The quantitative estimate of drug-likeness (QED) is 0.636. The van der Waals surface area contributed by atoms with Gasteiger partial charge < -0.3 is 20.3 Å². The Morgan fingerprint density at radius 1 is 1.42 bits per heavy atom. The Morgan fingerprint density at radius 2 is 2.16 bits per heavy atom. The first-order valence-electron chi connectivity index (χ1n) is 5.67. The molecule has 0 saturated carbocycles. The fourth-order valence-corrected chi connectivity index (χ4v) is 1.42. The molecule has 1 aromatic carbocycles. The number of methoxy groups -OCH3 is 1. The first kappa shape index (κ1) is 12.9. The number of rotatable bonds is 4. The number of benzene rings is 1. The van der Waals surface area contributed by atoms with E-state index in [0.717, 1.165) is 11.4 Å². The van der Waals surface area contributed by atoms with Crippen molar-refractivity contribution >= 4 is 11.6 Å². The van der Waals surface area contributed by atoms with E-state index in [-0.39, 0.29) is 12.5 Å². The van der Waals surface area contributed by atoms with Crippen LogP contribution in [0.2, 0.25) is 0 Å². The van der Waals surface area contributed by atoms with Gasteiger partial charge in [0, 0.05) is 12.6 Å². The van der Waals surface area contributed by atoms with Crippen LogP contribution in [0.15, 0.2) is 33.8 Å². The fourth-order valence-electron chi connectivity index (χ4n) is 1.42. The highest BCUT2D eigenvalue weighted by Crippen LogP contribution is 2.14. The van der Waals surface area contributed by atoms with E-state index in [2.05, 4.69) is 20.4 Å². The Labute approximate surface area is 110 Å². The van der Waals surface area contributed by atoms with Crippen LogP contribution < -0.4 is 15.8 Å². The highest BCUT2D eigenvalue weighted by Gasteiger charge is 2.01. The normalized spacial score (nSPS) is 11.4. The molecule has 1 aromatic heterocycles. The molecule has 100 valence electrons. The van der Waals surface area contributed by atoms with Crippen LogP contribution in [0.3, 0.4) is 0 Å². The second-order valence-electron chi connectivity index (χ2n) is 3.78. The molecule has 0 fully saturated rings. The lowest BCUT2D eigenvalue weighted by molar-refractivity contribution is 0.387. The lowest BCUT2D eigenvalue weighted by atomic mass is 10.3. The standard InChI is InChI=1S/C12H15N5O2/c1-8-15-11(17-19-8)7-14-12(13)16-9-3-5-10(18-2)6-4-9/h3-6H,7H2,1-2H3,(H3,13,14,16). The van der Waals surface area contributed by atoms with Crippen molar-refractivity contribution in [2.24, 2.45) is 10.7 Å². The van der Waals surface area contributed by atoms with Crippen LogP contribution in [-0.4, -0.2) is 23.2 Å². The number of anilines is 1. The summed E-state index contributed by atoms with van der Waals surface area (Å²) in [5.74, 6) is 2.07. The molecule has 7 nitrogen and oxygen atoms in total. The third-order valence-corrected chi connectivity index (χ3v) is 2.32. The molecule has 0 aliphatic carbocycles. The molecule has 0 unspecified atom stereocenters. The number of hydrogen-bond donors (Lipinski definition) is 2. The van der Waals surface area contributed by atoms with E-state index in [1.54, 1.807) is 14.0 Å². The first-order valence-corrected chi connectivity index (χ1v) is 5.67.